The van der Waals surface area contributed by atoms with Crippen LogP contribution in [0.1, 0.15) is 39.5 Å². The summed E-state index contributed by atoms with van der Waals surface area (Å²) in [4.78, 5) is 19.4. The van der Waals surface area contributed by atoms with Crippen LogP contribution >= 0.6 is 0 Å². The normalized spacial score (nSPS) is 24.6. The van der Waals surface area contributed by atoms with E-state index < -0.39 is 10.0 Å². The van der Waals surface area contributed by atoms with Gasteiger partial charge in [-0.1, -0.05) is 26.0 Å². The van der Waals surface area contributed by atoms with E-state index >= 15 is 0 Å². The number of benzene rings is 1. The molecule has 2 fully saturated rings. The maximum absolute atomic E-state index is 13.1. The number of oxazole rings is 1. The number of sulfonamides is 1. The lowest BCUT2D eigenvalue weighted by atomic mass is 9.85. The minimum atomic E-state index is -3.63. The smallest absolute Gasteiger partial charge is 0.240 e. The van der Waals surface area contributed by atoms with E-state index in [1.54, 1.807) is 24.3 Å². The van der Waals surface area contributed by atoms with Crippen molar-refractivity contribution in [2.45, 2.75) is 56.5 Å². The number of rotatable bonds is 6. The number of aromatic nitrogens is 1. The van der Waals surface area contributed by atoms with Gasteiger partial charge in [-0.2, -0.15) is 0 Å². The summed E-state index contributed by atoms with van der Waals surface area (Å²) in [5, 5.41) is 0. The van der Waals surface area contributed by atoms with Crippen molar-refractivity contribution in [1.29, 1.82) is 0 Å². The molecule has 0 bridgehead atoms. The van der Waals surface area contributed by atoms with Gasteiger partial charge in [-0.05, 0) is 43.7 Å². The summed E-state index contributed by atoms with van der Waals surface area (Å²) in [5.74, 6) is 0.492. The molecule has 1 saturated heterocycles. The largest absolute Gasteiger partial charge is 0.451 e. The molecule has 4 rings (SSSR count). The summed E-state index contributed by atoms with van der Waals surface area (Å²) in [6, 6.07) is 6.54. The van der Waals surface area contributed by atoms with E-state index in [4.69, 9.17) is 9.15 Å². The highest BCUT2D eigenvalue weighted by molar-refractivity contribution is 7.89. The molecule has 1 saturated carbocycles. The van der Waals surface area contributed by atoms with E-state index in [9.17, 15) is 13.2 Å². The third-order valence-electron chi connectivity index (χ3n) is 6.51. The van der Waals surface area contributed by atoms with Crippen molar-refractivity contribution in [3.05, 3.63) is 36.9 Å². The maximum Gasteiger partial charge on any atom is 0.240 e. The number of morpholine rings is 1. The molecule has 1 amide bonds. The monoisotopic (exact) mass is 461 g/mol. The lowest BCUT2D eigenvalue weighted by molar-refractivity contribution is -0.147. The van der Waals surface area contributed by atoms with Crippen LogP contribution in [0.5, 0.6) is 0 Å². The summed E-state index contributed by atoms with van der Waals surface area (Å²) in [6.45, 7) is 6.04. The van der Waals surface area contributed by atoms with Gasteiger partial charge in [-0.15, -0.1) is 0 Å². The lowest BCUT2D eigenvalue weighted by Crippen LogP contribution is -2.53. The summed E-state index contributed by atoms with van der Waals surface area (Å²) >= 11 is 0. The number of carbonyl (C=O) groups excluding carboxylic acids is 1. The van der Waals surface area contributed by atoms with Crippen molar-refractivity contribution in [2.24, 2.45) is 11.8 Å². The van der Waals surface area contributed by atoms with Crippen LogP contribution in [0.2, 0.25) is 0 Å². The average molecular weight is 462 g/mol. The van der Waals surface area contributed by atoms with Gasteiger partial charge in [-0.3, -0.25) is 4.79 Å². The zero-order valence-electron chi connectivity index (χ0n) is 18.6. The summed E-state index contributed by atoms with van der Waals surface area (Å²) in [7, 11) is -3.63. The quantitative estimate of drug-likeness (QED) is 0.709. The average Bonchev–Trinajstić information content (AvgIpc) is 3.34. The number of hydrogen-bond acceptors (Lipinski definition) is 6. The number of nitrogens with one attached hydrogen (secondary N) is 1. The van der Waals surface area contributed by atoms with Crippen molar-refractivity contribution in [3.63, 3.8) is 0 Å². The molecule has 1 atom stereocenters. The zero-order valence-corrected chi connectivity index (χ0v) is 19.4. The Morgan fingerprint density at radius 1 is 1.16 bits per heavy atom. The van der Waals surface area contributed by atoms with Gasteiger partial charge in [-0.25, -0.2) is 18.1 Å². The molecule has 1 N–H and O–H groups in total. The molecular formula is C23H31N3O5S. The van der Waals surface area contributed by atoms with Crippen molar-refractivity contribution >= 4 is 15.9 Å². The van der Waals surface area contributed by atoms with Gasteiger partial charge in [0.15, 0.2) is 6.39 Å². The van der Waals surface area contributed by atoms with Gasteiger partial charge in [0.1, 0.15) is 12.0 Å². The standard InChI is InChI=1S/C23H31N3O5S/c1-16(2)22-14-30-12-11-26(22)23(27)18-3-7-19(8-4-18)25-32(28,29)20-9-5-17(6-10-20)21-13-31-15-24-21/h5-6,9-10,13,15-16,18-19,22,25H,3-4,7-8,11-12,14H2,1-2H3/t18-,19-,22-/m1/s1. The maximum atomic E-state index is 13.1. The number of carbonyl (C=O) groups is 1. The molecular weight excluding hydrogens is 430 g/mol. The highest BCUT2D eigenvalue weighted by Gasteiger charge is 2.36. The highest BCUT2D eigenvalue weighted by atomic mass is 32.2. The van der Waals surface area contributed by atoms with E-state index in [-0.39, 0.29) is 28.8 Å². The number of nitrogens with zero attached hydrogens (tertiary/aromatic N) is 2. The fourth-order valence-electron chi connectivity index (χ4n) is 4.59. The first-order valence-electron chi connectivity index (χ1n) is 11.2. The molecule has 8 nitrogen and oxygen atoms in total. The van der Waals surface area contributed by atoms with Crippen molar-refractivity contribution in [3.8, 4) is 11.3 Å². The Labute approximate surface area is 189 Å². The predicted molar refractivity (Wildman–Crippen MR) is 119 cm³/mol. The Morgan fingerprint density at radius 2 is 1.88 bits per heavy atom. The number of amides is 1. The Bertz CT molecular complexity index is 997. The molecule has 174 valence electrons. The third kappa shape index (κ3) is 5.05. The molecule has 1 aliphatic carbocycles. The van der Waals surface area contributed by atoms with Crippen molar-refractivity contribution < 1.29 is 22.4 Å². The Hall–Kier alpha value is -2.23. The molecule has 2 heterocycles. The van der Waals surface area contributed by atoms with Gasteiger partial charge in [0.25, 0.3) is 0 Å². The van der Waals surface area contributed by atoms with Crippen molar-refractivity contribution in [2.75, 3.05) is 19.8 Å². The van der Waals surface area contributed by atoms with Crippen molar-refractivity contribution in [1.82, 2.24) is 14.6 Å². The molecule has 1 aliphatic heterocycles. The Kier molecular flexibility index (Phi) is 6.97. The molecule has 2 aliphatic rings. The van der Waals surface area contributed by atoms with E-state index in [1.165, 1.54) is 12.7 Å². The Morgan fingerprint density at radius 3 is 2.50 bits per heavy atom. The summed E-state index contributed by atoms with van der Waals surface area (Å²) in [6.07, 6.45) is 5.55. The molecule has 1 aromatic carbocycles. The second-order valence-electron chi connectivity index (χ2n) is 8.99. The number of ether oxygens (including phenoxy) is 1. The van der Waals surface area contributed by atoms with Gasteiger partial charge in [0.05, 0.1) is 24.2 Å². The minimum Gasteiger partial charge on any atom is -0.451 e. The second kappa shape index (κ2) is 9.72. The van der Waals surface area contributed by atoms with Crippen LogP contribution in [-0.2, 0) is 19.6 Å². The Balaban J connectivity index is 1.33. The first-order valence-corrected chi connectivity index (χ1v) is 12.7. The van der Waals surface area contributed by atoms with Crippen LogP contribution in [-0.4, -0.2) is 56.1 Å². The molecule has 9 heteroatoms. The fourth-order valence-corrected chi connectivity index (χ4v) is 5.89. The molecule has 0 spiro atoms. The summed E-state index contributed by atoms with van der Waals surface area (Å²) in [5.41, 5.74) is 1.45. The molecule has 0 radical (unpaired) electrons. The van der Waals surface area contributed by atoms with Crippen LogP contribution < -0.4 is 4.72 Å². The number of hydrogen-bond donors (Lipinski definition) is 1. The van der Waals surface area contributed by atoms with Gasteiger partial charge in [0.2, 0.25) is 15.9 Å². The van der Waals surface area contributed by atoms with Crippen LogP contribution in [0, 0.1) is 11.8 Å². The topological polar surface area (TPSA) is 102 Å². The summed E-state index contributed by atoms with van der Waals surface area (Å²) < 4.78 is 39.1. The molecule has 32 heavy (non-hydrogen) atoms. The van der Waals surface area contributed by atoms with Crippen LogP contribution in [0.4, 0.5) is 0 Å². The van der Waals surface area contributed by atoms with E-state index in [0.717, 1.165) is 5.56 Å². The van der Waals surface area contributed by atoms with Gasteiger partial charge >= 0.3 is 0 Å². The van der Waals surface area contributed by atoms with Crippen LogP contribution in [0.3, 0.4) is 0 Å². The lowest BCUT2D eigenvalue weighted by Gasteiger charge is -2.41. The third-order valence-corrected chi connectivity index (χ3v) is 8.05. The molecule has 2 aromatic rings. The minimum absolute atomic E-state index is 0.0446. The fraction of sp³-hybridized carbons (Fsp3) is 0.565. The highest BCUT2D eigenvalue weighted by Crippen LogP contribution is 2.29. The molecule has 1 aromatic heterocycles. The SMILES string of the molecule is CC(C)[C@H]1COCCN1C(=O)[C@H]1CC[C@H](NS(=O)(=O)c2ccc(-c3cocn3)cc2)CC1. The predicted octanol–water partition coefficient (Wildman–Crippen LogP) is 3.06. The van der Waals surface area contributed by atoms with E-state index in [0.29, 0.717) is 57.1 Å². The first-order chi connectivity index (χ1) is 15.3. The molecule has 0 unspecified atom stereocenters. The zero-order chi connectivity index (χ0) is 22.7. The van der Waals surface area contributed by atoms with E-state index in [1.807, 2.05) is 4.90 Å². The second-order valence-corrected chi connectivity index (χ2v) is 10.7. The van der Waals surface area contributed by atoms with E-state index in [2.05, 4.69) is 23.6 Å². The van der Waals surface area contributed by atoms with Crippen LogP contribution in [0.25, 0.3) is 11.3 Å². The van der Waals surface area contributed by atoms with Gasteiger partial charge < -0.3 is 14.1 Å². The van der Waals surface area contributed by atoms with Gasteiger partial charge in [0, 0.05) is 24.1 Å². The first kappa shape index (κ1) is 22.9. The van der Waals surface area contributed by atoms with Crippen LogP contribution in [0.15, 0.2) is 46.2 Å².